The zero-order chi connectivity index (χ0) is 23.9. The molecule has 1 fully saturated rings. The number of hydrogen-bond donors (Lipinski definition) is 1. The van der Waals surface area contributed by atoms with Gasteiger partial charge in [0.15, 0.2) is 5.65 Å². The van der Waals surface area contributed by atoms with Crippen molar-refractivity contribution < 1.29 is 8.42 Å². The molecule has 1 aliphatic rings. The molecule has 1 aromatic carbocycles. The van der Waals surface area contributed by atoms with Crippen molar-refractivity contribution in [3.63, 3.8) is 0 Å². The van der Waals surface area contributed by atoms with E-state index in [4.69, 9.17) is 10.7 Å². The van der Waals surface area contributed by atoms with Crippen molar-refractivity contribution in [3.05, 3.63) is 52.9 Å². The number of aryl methyl sites for hydroxylation is 1. The molecule has 5 rings (SSSR count). The predicted octanol–water partition coefficient (Wildman–Crippen LogP) is 4.28. The standard InChI is InChI=1S/C24H27BrN6O2S/c1-2-34(32,33)30-11-9-16(10-12-30)7-8-21-22(25)23(26)31-24(29-21)19(15-28-31)18-13-17-5-3-4-6-20(17)27-14-18/h3-6,13-16H,2,7-12,26H2,1H3. The Morgan fingerprint density at radius 2 is 1.94 bits per heavy atom. The molecule has 178 valence electrons. The molecule has 34 heavy (non-hydrogen) atoms. The summed E-state index contributed by atoms with van der Waals surface area (Å²) >= 11 is 3.62. The Balaban J connectivity index is 1.39. The van der Waals surface area contributed by atoms with Gasteiger partial charge in [0.25, 0.3) is 0 Å². The lowest BCUT2D eigenvalue weighted by atomic mass is 9.92. The number of para-hydroxylation sites is 1. The van der Waals surface area contributed by atoms with Gasteiger partial charge in [-0.2, -0.15) is 9.61 Å². The molecule has 0 amide bonds. The van der Waals surface area contributed by atoms with Crippen LogP contribution in [-0.4, -0.2) is 51.1 Å². The average molecular weight is 543 g/mol. The molecule has 1 aliphatic heterocycles. The van der Waals surface area contributed by atoms with Crippen molar-refractivity contribution in [2.75, 3.05) is 24.6 Å². The third kappa shape index (κ3) is 4.30. The van der Waals surface area contributed by atoms with Gasteiger partial charge in [-0.25, -0.2) is 17.7 Å². The molecular formula is C24H27BrN6O2S. The van der Waals surface area contributed by atoms with Gasteiger partial charge < -0.3 is 5.73 Å². The third-order valence-electron chi connectivity index (χ3n) is 6.71. The number of pyridine rings is 1. The van der Waals surface area contributed by atoms with Crippen molar-refractivity contribution in [1.29, 1.82) is 0 Å². The van der Waals surface area contributed by atoms with Crippen molar-refractivity contribution >= 4 is 48.3 Å². The van der Waals surface area contributed by atoms with E-state index in [2.05, 4.69) is 32.1 Å². The summed E-state index contributed by atoms with van der Waals surface area (Å²) in [7, 11) is -3.10. The molecule has 0 atom stereocenters. The van der Waals surface area contributed by atoms with Crippen LogP contribution in [-0.2, 0) is 16.4 Å². The van der Waals surface area contributed by atoms with Crippen LogP contribution in [0.3, 0.4) is 0 Å². The van der Waals surface area contributed by atoms with Gasteiger partial charge >= 0.3 is 0 Å². The predicted molar refractivity (Wildman–Crippen MR) is 138 cm³/mol. The second-order valence-corrected chi connectivity index (χ2v) is 11.8. The Morgan fingerprint density at radius 1 is 1.18 bits per heavy atom. The molecule has 4 aromatic rings. The summed E-state index contributed by atoms with van der Waals surface area (Å²) in [5.41, 5.74) is 10.8. The summed E-state index contributed by atoms with van der Waals surface area (Å²) in [6, 6.07) is 10.1. The van der Waals surface area contributed by atoms with Gasteiger partial charge in [-0.1, -0.05) is 18.2 Å². The van der Waals surface area contributed by atoms with E-state index in [9.17, 15) is 8.42 Å². The second-order valence-electron chi connectivity index (χ2n) is 8.75. The number of halogens is 1. The van der Waals surface area contributed by atoms with Gasteiger partial charge in [0.2, 0.25) is 10.0 Å². The van der Waals surface area contributed by atoms with E-state index < -0.39 is 10.0 Å². The number of nitrogen functional groups attached to an aromatic ring is 1. The highest BCUT2D eigenvalue weighted by Crippen LogP contribution is 2.32. The number of rotatable bonds is 6. The average Bonchev–Trinajstić information content (AvgIpc) is 3.29. The summed E-state index contributed by atoms with van der Waals surface area (Å²) in [5, 5.41) is 5.53. The first-order valence-corrected chi connectivity index (χ1v) is 13.9. The first-order valence-electron chi connectivity index (χ1n) is 11.5. The van der Waals surface area contributed by atoms with E-state index >= 15 is 0 Å². The van der Waals surface area contributed by atoms with Crippen molar-refractivity contribution in [3.8, 4) is 11.1 Å². The summed E-state index contributed by atoms with van der Waals surface area (Å²) in [5.74, 6) is 1.14. The van der Waals surface area contributed by atoms with Crippen LogP contribution in [0.4, 0.5) is 5.82 Å². The number of piperidine rings is 1. The maximum absolute atomic E-state index is 12.1. The van der Waals surface area contributed by atoms with Crippen LogP contribution in [0.15, 0.2) is 47.2 Å². The minimum Gasteiger partial charge on any atom is -0.383 e. The molecule has 3 aromatic heterocycles. The SMILES string of the molecule is CCS(=O)(=O)N1CCC(CCc2nc3c(-c4cnc5ccccc5c4)cnn3c(N)c2Br)CC1. The molecule has 0 bridgehead atoms. The quantitative estimate of drug-likeness (QED) is 0.389. The van der Waals surface area contributed by atoms with Gasteiger partial charge in [0.1, 0.15) is 5.82 Å². The number of fused-ring (bicyclic) bond motifs is 2. The highest BCUT2D eigenvalue weighted by atomic mass is 79.9. The summed E-state index contributed by atoms with van der Waals surface area (Å²) in [6.45, 7) is 2.89. The summed E-state index contributed by atoms with van der Waals surface area (Å²) in [6.07, 6.45) is 7.06. The Hall–Kier alpha value is -2.56. The molecular weight excluding hydrogens is 516 g/mol. The van der Waals surface area contributed by atoms with Gasteiger partial charge in [0, 0.05) is 35.8 Å². The zero-order valence-corrected chi connectivity index (χ0v) is 21.4. The summed E-state index contributed by atoms with van der Waals surface area (Å²) in [4.78, 5) is 9.52. The van der Waals surface area contributed by atoms with Crippen molar-refractivity contribution in [2.45, 2.75) is 32.6 Å². The number of benzene rings is 1. The number of aromatic nitrogens is 4. The van der Waals surface area contributed by atoms with E-state index in [1.807, 2.05) is 30.5 Å². The number of anilines is 1. The number of nitrogens with two attached hydrogens (primary N) is 1. The van der Waals surface area contributed by atoms with Gasteiger partial charge in [0.05, 0.1) is 27.6 Å². The highest BCUT2D eigenvalue weighted by Gasteiger charge is 2.27. The fourth-order valence-corrected chi connectivity index (χ4v) is 6.22. The Kier molecular flexibility index (Phi) is 6.30. The van der Waals surface area contributed by atoms with Gasteiger partial charge in [-0.05, 0) is 66.6 Å². The minimum absolute atomic E-state index is 0.161. The van der Waals surface area contributed by atoms with Crippen LogP contribution < -0.4 is 5.73 Å². The minimum atomic E-state index is -3.10. The molecule has 0 saturated carbocycles. The van der Waals surface area contributed by atoms with Gasteiger partial charge in [-0.15, -0.1) is 0 Å². The van der Waals surface area contributed by atoms with E-state index in [1.165, 1.54) is 0 Å². The highest BCUT2D eigenvalue weighted by molar-refractivity contribution is 9.10. The normalized spacial score (nSPS) is 15.9. The molecule has 0 aliphatic carbocycles. The number of sulfonamides is 1. The van der Waals surface area contributed by atoms with Crippen LogP contribution >= 0.6 is 15.9 Å². The van der Waals surface area contributed by atoms with E-state index in [0.717, 1.165) is 57.9 Å². The van der Waals surface area contributed by atoms with Crippen LogP contribution in [0.1, 0.15) is 31.9 Å². The van der Waals surface area contributed by atoms with Crippen molar-refractivity contribution in [1.82, 2.24) is 23.9 Å². The van der Waals surface area contributed by atoms with Crippen LogP contribution in [0, 0.1) is 5.92 Å². The lowest BCUT2D eigenvalue weighted by molar-refractivity contribution is 0.263. The van der Waals surface area contributed by atoms with Crippen LogP contribution in [0.25, 0.3) is 27.7 Å². The zero-order valence-electron chi connectivity index (χ0n) is 19.0. The molecule has 1 saturated heterocycles. The lowest BCUT2D eigenvalue weighted by Gasteiger charge is -2.31. The number of nitrogens with zero attached hydrogens (tertiary/aromatic N) is 5. The number of hydrogen-bond acceptors (Lipinski definition) is 6. The van der Waals surface area contributed by atoms with E-state index in [0.29, 0.717) is 30.5 Å². The molecule has 4 heterocycles. The largest absolute Gasteiger partial charge is 0.383 e. The fourth-order valence-electron chi connectivity index (χ4n) is 4.63. The monoisotopic (exact) mass is 542 g/mol. The second kappa shape index (κ2) is 9.24. The molecule has 2 N–H and O–H groups in total. The van der Waals surface area contributed by atoms with Gasteiger partial charge in [-0.3, -0.25) is 4.98 Å². The maximum atomic E-state index is 12.1. The summed E-state index contributed by atoms with van der Waals surface area (Å²) < 4.78 is 28.3. The van der Waals surface area contributed by atoms with Crippen LogP contribution in [0.5, 0.6) is 0 Å². The van der Waals surface area contributed by atoms with Crippen molar-refractivity contribution in [2.24, 2.45) is 5.92 Å². The molecule has 8 nitrogen and oxygen atoms in total. The van der Waals surface area contributed by atoms with E-state index in [1.54, 1.807) is 21.9 Å². The lowest BCUT2D eigenvalue weighted by Crippen LogP contribution is -2.39. The Labute approximate surface area is 207 Å². The molecule has 0 spiro atoms. The topological polar surface area (TPSA) is 106 Å². The maximum Gasteiger partial charge on any atom is 0.213 e. The smallest absolute Gasteiger partial charge is 0.213 e. The van der Waals surface area contributed by atoms with E-state index in [-0.39, 0.29) is 5.75 Å². The first kappa shape index (κ1) is 23.2. The van der Waals surface area contributed by atoms with Crippen LogP contribution in [0.2, 0.25) is 0 Å². The molecule has 0 radical (unpaired) electrons. The first-order chi connectivity index (χ1) is 16.4. The Morgan fingerprint density at radius 3 is 2.71 bits per heavy atom. The third-order valence-corrected chi connectivity index (χ3v) is 9.46. The molecule has 0 unspecified atom stereocenters. The Bertz CT molecular complexity index is 1460. The fraction of sp³-hybridized carbons (Fsp3) is 0.375. The molecule has 10 heteroatoms.